The predicted molar refractivity (Wildman–Crippen MR) is 68.4 cm³/mol. The van der Waals surface area contributed by atoms with Crippen LogP contribution in [0.25, 0.3) is 0 Å². The Balaban J connectivity index is 2.70. The number of aryl methyl sites for hydroxylation is 1. The summed E-state index contributed by atoms with van der Waals surface area (Å²) in [6.07, 6.45) is 0. The van der Waals surface area contributed by atoms with E-state index in [2.05, 4.69) is 20.9 Å². The number of thiazole rings is 1. The zero-order valence-corrected chi connectivity index (χ0v) is 11.8. The van der Waals surface area contributed by atoms with Crippen LogP contribution in [0.4, 0.5) is 0 Å². The SMILES string of the molecule is COCCN(CCBr)C(=O)c1scnc1C. The Labute approximate surface area is 108 Å². The number of nitrogens with zero attached hydrogens (tertiary/aromatic N) is 2. The summed E-state index contributed by atoms with van der Waals surface area (Å²) in [5, 5.41) is 0.764. The fourth-order valence-electron chi connectivity index (χ4n) is 1.27. The Morgan fingerprint density at radius 3 is 2.88 bits per heavy atom. The van der Waals surface area contributed by atoms with Crippen LogP contribution < -0.4 is 0 Å². The molecule has 1 amide bonds. The van der Waals surface area contributed by atoms with Crippen molar-refractivity contribution in [1.82, 2.24) is 9.88 Å². The van der Waals surface area contributed by atoms with E-state index < -0.39 is 0 Å². The molecule has 0 radical (unpaired) electrons. The van der Waals surface area contributed by atoms with Gasteiger partial charge in [-0.15, -0.1) is 11.3 Å². The number of ether oxygens (including phenoxy) is 1. The molecule has 0 saturated heterocycles. The number of hydrogen-bond donors (Lipinski definition) is 0. The van der Waals surface area contributed by atoms with Crippen LogP contribution in [-0.4, -0.2) is 47.9 Å². The van der Waals surface area contributed by atoms with E-state index in [9.17, 15) is 4.79 Å². The van der Waals surface area contributed by atoms with Crippen molar-refractivity contribution in [2.75, 3.05) is 32.1 Å². The third-order valence-corrected chi connectivity index (χ3v) is 3.42. The van der Waals surface area contributed by atoms with Crippen molar-refractivity contribution in [2.24, 2.45) is 0 Å². The number of methoxy groups -OCH3 is 1. The molecular formula is C10H15BrN2O2S. The highest BCUT2D eigenvalue weighted by Gasteiger charge is 2.18. The molecule has 0 spiro atoms. The Bertz CT molecular complexity index is 343. The lowest BCUT2D eigenvalue weighted by Gasteiger charge is -2.20. The molecule has 6 heteroatoms. The molecule has 0 aliphatic heterocycles. The first kappa shape index (κ1) is 13.6. The standard InChI is InChI=1S/C10H15BrN2O2S/c1-8-9(16-7-12-8)10(14)13(4-3-11)5-6-15-2/h7H,3-6H2,1-2H3. The van der Waals surface area contributed by atoms with Crippen molar-refractivity contribution in [2.45, 2.75) is 6.92 Å². The largest absolute Gasteiger partial charge is 0.383 e. The first-order valence-electron chi connectivity index (χ1n) is 4.95. The van der Waals surface area contributed by atoms with Gasteiger partial charge in [0.2, 0.25) is 0 Å². The molecule has 4 nitrogen and oxygen atoms in total. The monoisotopic (exact) mass is 306 g/mol. The number of aromatic nitrogens is 1. The summed E-state index contributed by atoms with van der Waals surface area (Å²) in [4.78, 5) is 18.7. The molecule has 1 aromatic rings. The normalized spacial score (nSPS) is 10.4. The molecule has 0 aliphatic carbocycles. The van der Waals surface area contributed by atoms with Crippen LogP contribution in [0.5, 0.6) is 0 Å². The van der Waals surface area contributed by atoms with Gasteiger partial charge in [0.05, 0.1) is 17.8 Å². The van der Waals surface area contributed by atoms with Crippen molar-refractivity contribution in [3.05, 3.63) is 16.1 Å². The van der Waals surface area contributed by atoms with Crippen molar-refractivity contribution >= 4 is 33.2 Å². The Morgan fingerprint density at radius 1 is 1.62 bits per heavy atom. The molecule has 0 bridgehead atoms. The van der Waals surface area contributed by atoms with Crippen LogP contribution in [-0.2, 0) is 4.74 Å². The minimum atomic E-state index is 0.0384. The fourth-order valence-corrected chi connectivity index (χ4v) is 2.47. The number of rotatable bonds is 6. The molecule has 90 valence electrons. The second-order valence-electron chi connectivity index (χ2n) is 3.24. The van der Waals surface area contributed by atoms with E-state index in [1.54, 1.807) is 17.5 Å². The summed E-state index contributed by atoms with van der Waals surface area (Å²) in [5.74, 6) is 0.0384. The number of carbonyl (C=O) groups is 1. The predicted octanol–water partition coefficient (Wildman–Crippen LogP) is 1.94. The van der Waals surface area contributed by atoms with Crippen molar-refractivity contribution in [3.63, 3.8) is 0 Å². The molecule has 16 heavy (non-hydrogen) atoms. The molecule has 0 unspecified atom stereocenters. The summed E-state index contributed by atoms with van der Waals surface area (Å²) in [6, 6.07) is 0. The van der Waals surface area contributed by atoms with Crippen LogP contribution in [0, 0.1) is 6.92 Å². The summed E-state index contributed by atoms with van der Waals surface area (Å²) >= 11 is 4.73. The van der Waals surface area contributed by atoms with Gasteiger partial charge in [-0.3, -0.25) is 4.79 Å². The molecule has 0 N–H and O–H groups in total. The lowest BCUT2D eigenvalue weighted by atomic mass is 10.3. The van der Waals surface area contributed by atoms with Crippen molar-refractivity contribution in [1.29, 1.82) is 0 Å². The maximum Gasteiger partial charge on any atom is 0.265 e. The zero-order valence-electron chi connectivity index (χ0n) is 9.40. The Kier molecular flexibility index (Phi) is 5.94. The second kappa shape index (κ2) is 6.98. The van der Waals surface area contributed by atoms with Gasteiger partial charge in [0, 0.05) is 25.5 Å². The summed E-state index contributed by atoms with van der Waals surface area (Å²) in [6.45, 7) is 3.70. The molecule has 1 heterocycles. The quantitative estimate of drug-likeness (QED) is 0.754. The van der Waals surface area contributed by atoms with Gasteiger partial charge in [-0.2, -0.15) is 0 Å². The molecule has 0 fully saturated rings. The lowest BCUT2D eigenvalue weighted by Crippen LogP contribution is -2.35. The van der Waals surface area contributed by atoms with Gasteiger partial charge in [0.25, 0.3) is 5.91 Å². The average Bonchev–Trinajstić information content (AvgIpc) is 2.69. The number of alkyl halides is 1. The van der Waals surface area contributed by atoms with Gasteiger partial charge in [0.1, 0.15) is 4.88 Å². The molecule has 0 saturated carbocycles. The summed E-state index contributed by atoms with van der Waals surface area (Å²) in [7, 11) is 1.63. The highest BCUT2D eigenvalue weighted by molar-refractivity contribution is 9.09. The van der Waals surface area contributed by atoms with Gasteiger partial charge in [-0.25, -0.2) is 4.98 Å². The molecule has 0 aliphatic rings. The van der Waals surface area contributed by atoms with Crippen LogP contribution >= 0.6 is 27.3 Å². The smallest absolute Gasteiger partial charge is 0.265 e. The first-order chi connectivity index (χ1) is 7.70. The molecule has 0 aromatic carbocycles. The highest BCUT2D eigenvalue weighted by atomic mass is 79.9. The first-order valence-corrected chi connectivity index (χ1v) is 6.95. The lowest BCUT2D eigenvalue weighted by molar-refractivity contribution is 0.0712. The minimum Gasteiger partial charge on any atom is -0.383 e. The third-order valence-electron chi connectivity index (χ3n) is 2.15. The van der Waals surface area contributed by atoms with Crippen LogP contribution in [0.15, 0.2) is 5.51 Å². The molecule has 0 atom stereocenters. The summed E-state index contributed by atoms with van der Waals surface area (Å²) in [5.41, 5.74) is 2.50. The van der Waals surface area contributed by atoms with E-state index in [4.69, 9.17) is 4.74 Å². The van der Waals surface area contributed by atoms with E-state index in [1.165, 1.54) is 11.3 Å². The number of amides is 1. The maximum absolute atomic E-state index is 12.1. The van der Waals surface area contributed by atoms with Gasteiger partial charge < -0.3 is 9.64 Å². The minimum absolute atomic E-state index is 0.0384. The highest BCUT2D eigenvalue weighted by Crippen LogP contribution is 2.15. The third kappa shape index (κ3) is 3.54. The van der Waals surface area contributed by atoms with Gasteiger partial charge >= 0.3 is 0 Å². The average molecular weight is 307 g/mol. The van der Waals surface area contributed by atoms with Gasteiger partial charge in [-0.05, 0) is 6.92 Å². The topological polar surface area (TPSA) is 42.4 Å². The van der Waals surface area contributed by atoms with Crippen molar-refractivity contribution < 1.29 is 9.53 Å². The van der Waals surface area contributed by atoms with E-state index in [1.807, 2.05) is 6.92 Å². The van der Waals surface area contributed by atoms with E-state index >= 15 is 0 Å². The number of halogens is 1. The van der Waals surface area contributed by atoms with Crippen molar-refractivity contribution in [3.8, 4) is 0 Å². The maximum atomic E-state index is 12.1. The number of carbonyl (C=O) groups excluding carboxylic acids is 1. The van der Waals surface area contributed by atoms with E-state index in [-0.39, 0.29) is 5.91 Å². The van der Waals surface area contributed by atoms with Crippen LogP contribution in [0.2, 0.25) is 0 Å². The Hall–Kier alpha value is -0.460. The van der Waals surface area contributed by atoms with E-state index in [0.29, 0.717) is 19.7 Å². The second-order valence-corrected chi connectivity index (χ2v) is 4.89. The van der Waals surface area contributed by atoms with Gasteiger partial charge in [-0.1, -0.05) is 15.9 Å². The van der Waals surface area contributed by atoms with Crippen LogP contribution in [0.3, 0.4) is 0 Å². The fraction of sp³-hybridized carbons (Fsp3) is 0.600. The van der Waals surface area contributed by atoms with Gasteiger partial charge in [0.15, 0.2) is 0 Å². The zero-order chi connectivity index (χ0) is 12.0. The summed E-state index contributed by atoms with van der Waals surface area (Å²) < 4.78 is 4.99. The Morgan fingerprint density at radius 2 is 2.38 bits per heavy atom. The molecule has 1 rings (SSSR count). The molecule has 1 aromatic heterocycles. The van der Waals surface area contributed by atoms with Crippen LogP contribution in [0.1, 0.15) is 15.4 Å². The molecular weight excluding hydrogens is 292 g/mol. The number of hydrogen-bond acceptors (Lipinski definition) is 4. The van der Waals surface area contributed by atoms with E-state index in [0.717, 1.165) is 15.9 Å².